The van der Waals surface area contributed by atoms with Gasteiger partial charge in [-0.15, -0.1) is 0 Å². The number of benzene rings is 2. The molecule has 0 bridgehead atoms. The summed E-state index contributed by atoms with van der Waals surface area (Å²) in [7, 11) is 3.12. The molecule has 2 aromatic heterocycles. The molecule has 132 valence electrons. The summed E-state index contributed by atoms with van der Waals surface area (Å²) >= 11 is 2.93. The van der Waals surface area contributed by atoms with Gasteiger partial charge in [-0.2, -0.15) is 0 Å². The quantitative estimate of drug-likeness (QED) is 0.464. The number of nitrogens with zero attached hydrogens (tertiary/aromatic N) is 2. The second kappa shape index (κ2) is 6.74. The average Bonchev–Trinajstić information content (AvgIpc) is 2.99. The molecule has 0 aliphatic rings. The zero-order valence-electron chi connectivity index (χ0n) is 13.9. The second-order valence-electron chi connectivity index (χ2n) is 5.44. The molecule has 0 spiro atoms. The Morgan fingerprint density at radius 3 is 2.50 bits per heavy atom. The van der Waals surface area contributed by atoms with Crippen LogP contribution in [0.25, 0.3) is 21.1 Å². The first-order chi connectivity index (χ1) is 12.6. The van der Waals surface area contributed by atoms with E-state index < -0.39 is 5.82 Å². The Hall–Kier alpha value is -2.37. The minimum absolute atomic E-state index is 0.149. The van der Waals surface area contributed by atoms with Crippen LogP contribution in [-0.2, 0) is 0 Å². The van der Waals surface area contributed by atoms with Crippen molar-refractivity contribution in [2.24, 2.45) is 0 Å². The van der Waals surface area contributed by atoms with Crippen LogP contribution in [0.15, 0.2) is 36.5 Å². The van der Waals surface area contributed by atoms with Crippen LogP contribution < -0.4 is 18.0 Å². The summed E-state index contributed by atoms with van der Waals surface area (Å²) < 4.78 is 32.8. The van der Waals surface area contributed by atoms with Gasteiger partial charge in [0.25, 0.3) is 0 Å². The van der Waals surface area contributed by atoms with Crippen LogP contribution in [-0.4, -0.2) is 41.0 Å². The molecule has 0 aliphatic carbocycles. The molecule has 0 N–H and O–H groups in total. The summed E-state index contributed by atoms with van der Waals surface area (Å²) in [5.41, 5.74) is 1.31. The van der Waals surface area contributed by atoms with Gasteiger partial charge in [0.15, 0.2) is 0 Å². The number of hydrogen-bond acceptors (Lipinski definition) is 6. The van der Waals surface area contributed by atoms with Crippen LogP contribution in [0.5, 0.6) is 23.0 Å². The Morgan fingerprint density at radius 1 is 0.962 bits per heavy atom. The van der Waals surface area contributed by atoms with Crippen LogP contribution in [0.2, 0.25) is 0 Å². The fourth-order valence-electron chi connectivity index (χ4n) is 2.68. The van der Waals surface area contributed by atoms with E-state index in [1.807, 2.05) is 0 Å². The molecule has 2 heterocycles. The van der Waals surface area contributed by atoms with Crippen LogP contribution in [0.4, 0.5) is 4.39 Å². The predicted octanol–water partition coefficient (Wildman–Crippen LogP) is 3.05. The number of pyridine rings is 1. The van der Waals surface area contributed by atoms with E-state index in [0.717, 1.165) is 8.50 Å². The molecule has 0 amide bonds. The van der Waals surface area contributed by atoms with E-state index in [1.165, 1.54) is 34.3 Å². The van der Waals surface area contributed by atoms with Gasteiger partial charge in [0.2, 0.25) is 0 Å². The molecule has 5 nitrogen and oxygen atoms in total. The van der Waals surface area contributed by atoms with Crippen molar-refractivity contribution >= 4 is 53.1 Å². The molecule has 4 rings (SSSR count). The Morgan fingerprint density at radius 2 is 1.73 bits per heavy atom. The molecule has 0 saturated heterocycles. The molecule has 1 unspecified atom stereocenters. The Bertz CT molecular complexity index is 1130. The fraction of sp³-hybridized carbons (Fsp3) is 0.111. The molecule has 8 heteroatoms. The van der Waals surface area contributed by atoms with E-state index in [9.17, 15) is 4.39 Å². The predicted molar refractivity (Wildman–Crippen MR) is 103 cm³/mol. The van der Waals surface area contributed by atoms with Crippen molar-refractivity contribution in [3.05, 3.63) is 42.3 Å². The third-order valence-corrected chi connectivity index (χ3v) is 5.75. The number of thiazole rings is 1. The van der Waals surface area contributed by atoms with Gasteiger partial charge in [0, 0.05) is 0 Å². The van der Waals surface area contributed by atoms with Crippen LogP contribution in [0.1, 0.15) is 0 Å². The van der Waals surface area contributed by atoms with E-state index in [1.54, 1.807) is 44.7 Å². The number of methoxy groups -OCH3 is 2. The fourth-order valence-corrected chi connectivity index (χ4v) is 4.52. The molecule has 0 aliphatic heterocycles. The summed E-state index contributed by atoms with van der Waals surface area (Å²) in [6.07, 6.45) is 1.61. The maximum absolute atomic E-state index is 14.5. The third kappa shape index (κ3) is 2.97. The van der Waals surface area contributed by atoms with Crippen molar-refractivity contribution in [2.75, 3.05) is 14.2 Å². The van der Waals surface area contributed by atoms with Crippen molar-refractivity contribution in [1.82, 2.24) is 9.97 Å². The topological polar surface area (TPSA) is 53.5 Å². The van der Waals surface area contributed by atoms with Crippen molar-refractivity contribution in [2.45, 2.75) is 0 Å². The van der Waals surface area contributed by atoms with E-state index in [4.69, 9.17) is 14.2 Å². The molecule has 26 heavy (non-hydrogen) atoms. The SMILES string of the molecule is COc1cc2nccc(Oc3cc4sc([AsH2])nc4cc3F)c2cc1OC. The van der Waals surface area contributed by atoms with Crippen LogP contribution in [0, 0.1) is 5.82 Å². The first-order valence-corrected chi connectivity index (χ1v) is 9.66. The number of hydrogen-bond donors (Lipinski definition) is 0. The Labute approximate surface area is 161 Å². The van der Waals surface area contributed by atoms with Gasteiger partial charge in [-0.05, 0) is 0 Å². The van der Waals surface area contributed by atoms with Gasteiger partial charge in [0.1, 0.15) is 0 Å². The van der Waals surface area contributed by atoms with Gasteiger partial charge < -0.3 is 0 Å². The second-order valence-corrected chi connectivity index (χ2v) is 8.53. The standard InChI is InChI=1S/C18H14AsFN2O3S/c1-23-15-5-9-11(7-16(15)24-2)21-4-3-13(9)25-14-8-17-12(6-10(14)20)22-18(19)26-17/h3-8H,19H2,1-2H3. The molecule has 0 radical (unpaired) electrons. The molecule has 0 saturated carbocycles. The molecule has 0 fully saturated rings. The minimum atomic E-state index is -0.458. The molecule has 4 aromatic rings. The number of fused-ring (bicyclic) bond motifs is 2. The molecule has 1 atom stereocenters. The normalized spacial score (nSPS) is 11.1. The van der Waals surface area contributed by atoms with Gasteiger partial charge in [-0.25, -0.2) is 0 Å². The monoisotopic (exact) mass is 432 g/mol. The Kier molecular flexibility index (Phi) is 4.42. The van der Waals surface area contributed by atoms with E-state index in [0.29, 0.717) is 33.7 Å². The first kappa shape index (κ1) is 17.1. The molecular formula is C18H14AsFN2O3S. The maximum atomic E-state index is 14.5. The summed E-state index contributed by atoms with van der Waals surface area (Å²) in [5.74, 6) is 1.30. The zero-order valence-corrected chi connectivity index (χ0v) is 17.2. The summed E-state index contributed by atoms with van der Waals surface area (Å²) in [4.78, 5) is 8.65. The van der Waals surface area contributed by atoms with Crippen molar-refractivity contribution in [1.29, 1.82) is 0 Å². The van der Waals surface area contributed by atoms with Crippen LogP contribution >= 0.6 is 11.3 Å². The van der Waals surface area contributed by atoms with Crippen molar-refractivity contribution < 1.29 is 18.6 Å². The van der Waals surface area contributed by atoms with Crippen molar-refractivity contribution in [3.63, 3.8) is 0 Å². The number of aromatic nitrogens is 2. The third-order valence-electron chi connectivity index (χ3n) is 3.89. The summed E-state index contributed by atoms with van der Waals surface area (Å²) in [5, 5.41) is 0.702. The van der Waals surface area contributed by atoms with Crippen LogP contribution in [0.3, 0.4) is 0 Å². The van der Waals surface area contributed by atoms with Gasteiger partial charge in [-0.3, -0.25) is 0 Å². The van der Waals surface area contributed by atoms with E-state index >= 15 is 0 Å². The molecular weight excluding hydrogens is 418 g/mol. The average molecular weight is 432 g/mol. The Balaban J connectivity index is 1.83. The van der Waals surface area contributed by atoms with Gasteiger partial charge in [-0.1, -0.05) is 0 Å². The summed E-state index contributed by atoms with van der Waals surface area (Å²) in [6, 6.07) is 8.30. The molecule has 2 aromatic carbocycles. The van der Waals surface area contributed by atoms with Crippen molar-refractivity contribution in [3.8, 4) is 23.0 Å². The van der Waals surface area contributed by atoms with E-state index in [2.05, 4.69) is 9.97 Å². The van der Waals surface area contributed by atoms with Gasteiger partial charge in [0.05, 0.1) is 7.11 Å². The van der Waals surface area contributed by atoms with Gasteiger partial charge >= 0.3 is 154 Å². The number of halogens is 1. The zero-order chi connectivity index (χ0) is 18.3. The van der Waals surface area contributed by atoms with E-state index in [-0.39, 0.29) is 5.75 Å². The number of ether oxygens (including phenoxy) is 3. The first-order valence-electron chi connectivity index (χ1n) is 7.63. The number of rotatable bonds is 4. The summed E-state index contributed by atoms with van der Waals surface area (Å²) in [6.45, 7) is 0.